The SMILES string of the molecule is CCOC(=O)CN1C(=O)C(Cc2ccccc2)NC12CCN(C(=O)c1ccc(S(N)(=O)=O)cc1)CC2. The molecule has 2 amide bonds. The van der Waals surface area contributed by atoms with Crippen molar-refractivity contribution in [3.63, 3.8) is 0 Å². The highest BCUT2D eigenvalue weighted by Crippen LogP contribution is 2.34. The van der Waals surface area contributed by atoms with Gasteiger partial charge in [-0.15, -0.1) is 0 Å². The second-order valence-corrected chi connectivity index (χ2v) is 10.6. The summed E-state index contributed by atoms with van der Waals surface area (Å²) in [5.74, 6) is -0.876. The van der Waals surface area contributed by atoms with E-state index in [-0.39, 0.29) is 29.9 Å². The van der Waals surface area contributed by atoms with Gasteiger partial charge in [-0.05, 0) is 43.2 Å². The van der Waals surface area contributed by atoms with Crippen molar-refractivity contribution in [2.75, 3.05) is 26.2 Å². The first-order chi connectivity index (χ1) is 17.1. The van der Waals surface area contributed by atoms with E-state index in [1.807, 2.05) is 30.3 Å². The van der Waals surface area contributed by atoms with E-state index in [1.54, 1.807) is 16.7 Å². The largest absolute Gasteiger partial charge is 0.465 e. The summed E-state index contributed by atoms with van der Waals surface area (Å²) in [7, 11) is -3.85. The molecule has 2 saturated heterocycles. The van der Waals surface area contributed by atoms with Crippen LogP contribution in [0, 0.1) is 0 Å². The van der Waals surface area contributed by atoms with Crippen molar-refractivity contribution < 1.29 is 27.5 Å². The lowest BCUT2D eigenvalue weighted by Crippen LogP contribution is -2.60. The monoisotopic (exact) mass is 514 g/mol. The number of benzene rings is 2. The quantitative estimate of drug-likeness (QED) is 0.523. The number of esters is 1. The number of hydrogen-bond donors (Lipinski definition) is 2. The summed E-state index contributed by atoms with van der Waals surface area (Å²) >= 11 is 0. The van der Waals surface area contributed by atoms with Gasteiger partial charge >= 0.3 is 5.97 Å². The lowest BCUT2D eigenvalue weighted by Gasteiger charge is -2.44. The molecule has 1 spiro atoms. The predicted molar refractivity (Wildman–Crippen MR) is 131 cm³/mol. The number of piperidine rings is 1. The highest BCUT2D eigenvalue weighted by molar-refractivity contribution is 7.89. The first-order valence-electron chi connectivity index (χ1n) is 11.8. The molecule has 0 aromatic heterocycles. The van der Waals surface area contributed by atoms with Crippen LogP contribution in [-0.2, 0) is 30.8 Å². The molecule has 11 heteroatoms. The molecule has 2 aromatic carbocycles. The van der Waals surface area contributed by atoms with Crippen LogP contribution in [0.5, 0.6) is 0 Å². The second kappa shape index (κ2) is 10.4. The number of sulfonamides is 1. The minimum atomic E-state index is -3.85. The number of nitrogens with one attached hydrogen (secondary N) is 1. The molecule has 2 aliphatic rings. The summed E-state index contributed by atoms with van der Waals surface area (Å²) in [6.07, 6.45) is 1.36. The molecule has 3 N–H and O–H groups in total. The number of primary sulfonamides is 1. The fourth-order valence-corrected chi connectivity index (χ4v) is 5.40. The maximum absolute atomic E-state index is 13.4. The topological polar surface area (TPSA) is 139 Å². The van der Waals surface area contributed by atoms with Crippen molar-refractivity contribution in [3.8, 4) is 0 Å². The number of likely N-dealkylation sites (tertiary alicyclic amines) is 1. The fraction of sp³-hybridized carbons (Fsp3) is 0.400. The molecular formula is C25H30N4O6S. The first kappa shape index (κ1) is 25.8. The van der Waals surface area contributed by atoms with Crippen LogP contribution >= 0.6 is 0 Å². The van der Waals surface area contributed by atoms with Gasteiger partial charge in [0.05, 0.1) is 23.2 Å². The molecule has 36 heavy (non-hydrogen) atoms. The van der Waals surface area contributed by atoms with Crippen LogP contribution in [0.3, 0.4) is 0 Å². The van der Waals surface area contributed by atoms with E-state index in [9.17, 15) is 22.8 Å². The number of nitrogens with zero attached hydrogens (tertiary/aromatic N) is 2. The van der Waals surface area contributed by atoms with Crippen LogP contribution in [0.4, 0.5) is 0 Å². The van der Waals surface area contributed by atoms with Crippen molar-refractivity contribution >= 4 is 27.8 Å². The molecule has 0 saturated carbocycles. The predicted octanol–water partition coefficient (Wildman–Crippen LogP) is 0.873. The van der Waals surface area contributed by atoms with Crippen molar-refractivity contribution in [3.05, 3.63) is 65.7 Å². The molecule has 1 atom stereocenters. The van der Waals surface area contributed by atoms with Gasteiger partial charge in [0.2, 0.25) is 15.9 Å². The molecule has 1 unspecified atom stereocenters. The summed E-state index contributed by atoms with van der Waals surface area (Å²) in [5, 5.41) is 8.61. The molecule has 0 aliphatic carbocycles. The van der Waals surface area contributed by atoms with Crippen LogP contribution in [0.1, 0.15) is 35.7 Å². The van der Waals surface area contributed by atoms with Crippen LogP contribution in [-0.4, -0.2) is 73.9 Å². The average Bonchev–Trinajstić information content (AvgIpc) is 3.09. The van der Waals surface area contributed by atoms with E-state index in [4.69, 9.17) is 9.88 Å². The van der Waals surface area contributed by atoms with Crippen LogP contribution in [0.15, 0.2) is 59.5 Å². The summed E-state index contributed by atoms with van der Waals surface area (Å²) in [6.45, 7) is 2.49. The molecule has 192 valence electrons. The zero-order valence-electron chi connectivity index (χ0n) is 20.1. The smallest absolute Gasteiger partial charge is 0.325 e. The Bertz CT molecular complexity index is 1220. The van der Waals surface area contributed by atoms with E-state index in [0.29, 0.717) is 37.9 Å². The summed E-state index contributed by atoms with van der Waals surface area (Å²) < 4.78 is 28.1. The van der Waals surface area contributed by atoms with Gasteiger partial charge < -0.3 is 14.5 Å². The third-order valence-electron chi connectivity index (χ3n) is 6.71. The second-order valence-electron chi connectivity index (χ2n) is 9.01. The molecule has 2 fully saturated rings. The number of ether oxygens (including phenoxy) is 1. The maximum atomic E-state index is 13.4. The zero-order chi connectivity index (χ0) is 25.9. The summed E-state index contributed by atoms with van der Waals surface area (Å²) in [4.78, 5) is 41.9. The Kier molecular flexibility index (Phi) is 7.43. The molecule has 2 aliphatic heterocycles. The van der Waals surface area contributed by atoms with Gasteiger partial charge in [-0.2, -0.15) is 0 Å². The number of nitrogens with two attached hydrogens (primary N) is 1. The number of carbonyl (C=O) groups is 3. The number of carbonyl (C=O) groups excluding carboxylic acids is 3. The Labute approximate surface area is 210 Å². The summed E-state index contributed by atoms with van der Waals surface area (Å²) in [6, 6.07) is 14.7. The third kappa shape index (κ3) is 5.43. The van der Waals surface area contributed by atoms with Crippen LogP contribution < -0.4 is 10.5 Å². The van der Waals surface area contributed by atoms with Gasteiger partial charge in [0, 0.05) is 31.5 Å². The van der Waals surface area contributed by atoms with Crippen LogP contribution in [0.25, 0.3) is 0 Å². The lowest BCUT2D eigenvalue weighted by molar-refractivity contribution is -0.151. The van der Waals surface area contributed by atoms with Gasteiger partial charge in [0.25, 0.3) is 5.91 Å². The van der Waals surface area contributed by atoms with Crippen molar-refractivity contribution in [1.29, 1.82) is 0 Å². The molecule has 2 aromatic rings. The Hall–Kier alpha value is -3.28. The first-order valence-corrected chi connectivity index (χ1v) is 13.4. The molecule has 4 rings (SSSR count). The number of hydrogen-bond acceptors (Lipinski definition) is 7. The average molecular weight is 515 g/mol. The normalized spacial score (nSPS) is 19.5. The van der Waals surface area contributed by atoms with E-state index < -0.39 is 27.7 Å². The molecule has 0 radical (unpaired) electrons. The van der Waals surface area contributed by atoms with E-state index in [2.05, 4.69) is 5.32 Å². The number of amides is 2. The Balaban J connectivity index is 1.49. The maximum Gasteiger partial charge on any atom is 0.325 e. The van der Waals surface area contributed by atoms with E-state index in [0.717, 1.165) is 5.56 Å². The van der Waals surface area contributed by atoms with Crippen LogP contribution in [0.2, 0.25) is 0 Å². The van der Waals surface area contributed by atoms with E-state index >= 15 is 0 Å². The minimum absolute atomic E-state index is 0.0654. The van der Waals surface area contributed by atoms with Gasteiger partial charge in [-0.3, -0.25) is 19.7 Å². The lowest BCUT2D eigenvalue weighted by atomic mass is 9.95. The molecular weight excluding hydrogens is 484 g/mol. The van der Waals surface area contributed by atoms with Crippen molar-refractivity contribution in [2.24, 2.45) is 5.14 Å². The molecule has 0 bridgehead atoms. The molecule has 10 nitrogen and oxygen atoms in total. The Morgan fingerprint density at radius 2 is 1.72 bits per heavy atom. The number of rotatable bonds is 7. The highest BCUT2D eigenvalue weighted by Gasteiger charge is 2.52. The zero-order valence-corrected chi connectivity index (χ0v) is 20.9. The third-order valence-corrected chi connectivity index (χ3v) is 7.64. The van der Waals surface area contributed by atoms with Gasteiger partial charge in [0.1, 0.15) is 6.54 Å². The minimum Gasteiger partial charge on any atom is -0.465 e. The Morgan fingerprint density at radius 3 is 2.31 bits per heavy atom. The van der Waals surface area contributed by atoms with Gasteiger partial charge in [-0.25, -0.2) is 13.6 Å². The molecule has 2 heterocycles. The van der Waals surface area contributed by atoms with Gasteiger partial charge in [-0.1, -0.05) is 30.3 Å². The standard InChI is InChI=1S/C25H30N4O6S/c1-2-35-22(30)17-29-24(32)21(16-18-6-4-3-5-7-18)27-25(29)12-14-28(15-13-25)23(31)19-8-10-20(11-9-19)36(26,33)34/h3-11,21,27H,2,12-17H2,1H3,(H2,26,33,34). The fourth-order valence-electron chi connectivity index (χ4n) is 4.88. The van der Waals surface area contributed by atoms with E-state index in [1.165, 1.54) is 24.3 Å². The Morgan fingerprint density at radius 1 is 1.08 bits per heavy atom. The van der Waals surface area contributed by atoms with Gasteiger partial charge in [0.15, 0.2) is 0 Å². The van der Waals surface area contributed by atoms with Crippen molar-refractivity contribution in [1.82, 2.24) is 15.1 Å². The highest BCUT2D eigenvalue weighted by atomic mass is 32.2. The van der Waals surface area contributed by atoms with Crippen molar-refractivity contribution in [2.45, 2.75) is 42.8 Å². The summed E-state index contributed by atoms with van der Waals surface area (Å²) in [5.41, 5.74) is 0.587.